The van der Waals surface area contributed by atoms with Gasteiger partial charge in [-0.25, -0.2) is 4.79 Å². The molecule has 1 N–H and O–H groups in total. The van der Waals surface area contributed by atoms with Crippen LogP contribution in [0.3, 0.4) is 0 Å². The Morgan fingerprint density at radius 3 is 2.65 bits per heavy atom. The zero-order valence-corrected chi connectivity index (χ0v) is 12.9. The van der Waals surface area contributed by atoms with Gasteiger partial charge < -0.3 is 14.4 Å². The van der Waals surface area contributed by atoms with E-state index < -0.39 is 17.6 Å². The largest absolute Gasteiger partial charge is 0.465 e. The third-order valence-electron chi connectivity index (χ3n) is 3.25. The number of aromatic nitrogens is 1. The Hall–Kier alpha value is -2.62. The van der Waals surface area contributed by atoms with Crippen molar-refractivity contribution in [3.05, 3.63) is 68.6 Å². The molecule has 0 saturated carbocycles. The lowest BCUT2D eigenvalue weighted by molar-refractivity contribution is 0.0598. The average molecular weight is 333 g/mol. The standard InChI is InChI=1S/C16H13ClN2O4/c1-23-16(22)12-6-11(7-18)15(21)19(8-12)9-14(20)10-2-4-13(17)5-3-10/h2-6,8,14,20H,9H2,1H3. The van der Waals surface area contributed by atoms with E-state index >= 15 is 0 Å². The van der Waals surface area contributed by atoms with E-state index in [4.69, 9.17) is 16.9 Å². The van der Waals surface area contributed by atoms with Crippen LogP contribution in [-0.2, 0) is 11.3 Å². The number of carbonyl (C=O) groups is 1. The van der Waals surface area contributed by atoms with Crippen molar-refractivity contribution in [3.8, 4) is 6.07 Å². The number of hydrogen-bond donors (Lipinski definition) is 1. The van der Waals surface area contributed by atoms with Gasteiger partial charge in [0.2, 0.25) is 0 Å². The number of nitrogens with zero attached hydrogens (tertiary/aromatic N) is 2. The molecule has 0 radical (unpaired) electrons. The minimum atomic E-state index is -0.996. The van der Waals surface area contributed by atoms with Crippen LogP contribution in [0, 0.1) is 11.3 Å². The fraction of sp³-hybridized carbons (Fsp3) is 0.188. The molecular weight excluding hydrogens is 320 g/mol. The number of halogens is 1. The lowest BCUT2D eigenvalue weighted by atomic mass is 10.1. The summed E-state index contributed by atoms with van der Waals surface area (Å²) < 4.78 is 5.71. The molecule has 0 fully saturated rings. The first kappa shape index (κ1) is 16.7. The Balaban J connectivity index is 2.38. The van der Waals surface area contributed by atoms with Crippen molar-refractivity contribution in [1.82, 2.24) is 4.57 Å². The maximum atomic E-state index is 12.1. The molecule has 0 aliphatic carbocycles. The SMILES string of the molecule is COC(=O)c1cc(C#N)c(=O)n(CC(O)c2ccc(Cl)cc2)c1. The highest BCUT2D eigenvalue weighted by Crippen LogP contribution is 2.18. The first-order chi connectivity index (χ1) is 11.0. The molecular formula is C16H13ClN2O4. The highest BCUT2D eigenvalue weighted by atomic mass is 35.5. The van der Waals surface area contributed by atoms with Crippen molar-refractivity contribution in [2.45, 2.75) is 12.6 Å². The van der Waals surface area contributed by atoms with Gasteiger partial charge >= 0.3 is 5.97 Å². The molecule has 7 heteroatoms. The highest BCUT2D eigenvalue weighted by Gasteiger charge is 2.15. The smallest absolute Gasteiger partial charge is 0.339 e. The molecule has 1 unspecified atom stereocenters. The van der Waals surface area contributed by atoms with E-state index in [1.54, 1.807) is 30.3 Å². The van der Waals surface area contributed by atoms with E-state index in [2.05, 4.69) is 4.74 Å². The van der Waals surface area contributed by atoms with Crippen molar-refractivity contribution in [2.75, 3.05) is 7.11 Å². The van der Waals surface area contributed by atoms with E-state index in [1.807, 2.05) is 0 Å². The van der Waals surface area contributed by atoms with E-state index in [0.29, 0.717) is 10.6 Å². The molecule has 0 spiro atoms. The molecule has 0 bridgehead atoms. The van der Waals surface area contributed by atoms with Crippen LogP contribution in [0.5, 0.6) is 0 Å². The number of hydrogen-bond acceptors (Lipinski definition) is 5. The fourth-order valence-electron chi connectivity index (χ4n) is 2.06. The summed E-state index contributed by atoms with van der Waals surface area (Å²) >= 11 is 5.79. The number of pyridine rings is 1. The van der Waals surface area contributed by atoms with Crippen LogP contribution in [0.2, 0.25) is 5.02 Å². The summed E-state index contributed by atoms with van der Waals surface area (Å²) in [5, 5.41) is 19.8. The number of rotatable bonds is 4. The number of aliphatic hydroxyl groups excluding tert-OH is 1. The summed E-state index contributed by atoms with van der Waals surface area (Å²) in [4.78, 5) is 23.8. The van der Waals surface area contributed by atoms with Crippen molar-refractivity contribution < 1.29 is 14.6 Å². The van der Waals surface area contributed by atoms with Gasteiger partial charge in [-0.05, 0) is 23.8 Å². The van der Waals surface area contributed by atoms with Gasteiger partial charge in [-0.1, -0.05) is 23.7 Å². The predicted molar refractivity (Wildman–Crippen MR) is 83.2 cm³/mol. The van der Waals surface area contributed by atoms with Crippen molar-refractivity contribution >= 4 is 17.6 Å². The Morgan fingerprint density at radius 1 is 1.43 bits per heavy atom. The normalized spacial score (nSPS) is 11.6. The van der Waals surface area contributed by atoms with Crippen molar-refractivity contribution in [1.29, 1.82) is 5.26 Å². The molecule has 118 valence electrons. The zero-order chi connectivity index (χ0) is 17.0. The number of benzene rings is 1. The van der Waals surface area contributed by atoms with Gasteiger partial charge in [-0.15, -0.1) is 0 Å². The van der Waals surface area contributed by atoms with Crippen LogP contribution in [0.15, 0.2) is 41.3 Å². The molecule has 1 aromatic heterocycles. The average Bonchev–Trinajstić information content (AvgIpc) is 2.56. The van der Waals surface area contributed by atoms with Gasteiger partial charge in [0, 0.05) is 11.2 Å². The minimum Gasteiger partial charge on any atom is -0.465 e. The van der Waals surface area contributed by atoms with Crippen LogP contribution >= 0.6 is 11.6 Å². The summed E-state index contributed by atoms with van der Waals surface area (Å²) in [5.41, 5.74) is -0.167. The molecule has 1 atom stereocenters. The molecule has 2 rings (SSSR count). The van der Waals surface area contributed by atoms with Crippen LogP contribution in [0.4, 0.5) is 0 Å². The Kier molecular flexibility index (Phi) is 5.16. The van der Waals surface area contributed by atoms with Gasteiger partial charge in [0.05, 0.1) is 25.3 Å². The van der Waals surface area contributed by atoms with E-state index in [0.717, 1.165) is 4.57 Å². The molecule has 1 aromatic carbocycles. The first-order valence-corrected chi connectivity index (χ1v) is 7.00. The summed E-state index contributed by atoms with van der Waals surface area (Å²) in [6, 6.07) is 9.41. The van der Waals surface area contributed by atoms with Crippen LogP contribution in [0.25, 0.3) is 0 Å². The maximum absolute atomic E-state index is 12.1. The predicted octanol–water partition coefficient (Wildman–Crippen LogP) is 1.89. The lowest BCUT2D eigenvalue weighted by Crippen LogP contribution is -2.26. The van der Waals surface area contributed by atoms with Gasteiger partial charge in [-0.2, -0.15) is 5.26 Å². The number of ether oxygens (including phenoxy) is 1. The number of methoxy groups -OCH3 is 1. The van der Waals surface area contributed by atoms with E-state index in [1.165, 1.54) is 19.4 Å². The highest BCUT2D eigenvalue weighted by molar-refractivity contribution is 6.30. The van der Waals surface area contributed by atoms with Gasteiger partial charge in [-0.3, -0.25) is 4.79 Å². The number of nitriles is 1. The summed E-state index contributed by atoms with van der Waals surface area (Å²) in [7, 11) is 1.20. The molecule has 0 amide bonds. The Labute approximate surface area is 137 Å². The van der Waals surface area contributed by atoms with Crippen LogP contribution < -0.4 is 5.56 Å². The monoisotopic (exact) mass is 332 g/mol. The van der Waals surface area contributed by atoms with Gasteiger partial charge in [0.25, 0.3) is 5.56 Å². The van der Waals surface area contributed by atoms with Crippen LogP contribution in [-0.4, -0.2) is 22.8 Å². The summed E-state index contributed by atoms with van der Waals surface area (Å²) in [5.74, 6) is -0.670. The quantitative estimate of drug-likeness (QED) is 0.863. The zero-order valence-electron chi connectivity index (χ0n) is 12.2. The molecule has 6 nitrogen and oxygen atoms in total. The Bertz CT molecular complexity index is 821. The molecule has 0 saturated heterocycles. The summed E-state index contributed by atoms with van der Waals surface area (Å²) in [6.07, 6.45) is 0.262. The fourth-order valence-corrected chi connectivity index (χ4v) is 2.18. The molecule has 0 aliphatic heterocycles. The van der Waals surface area contributed by atoms with Crippen molar-refractivity contribution in [2.24, 2.45) is 0 Å². The van der Waals surface area contributed by atoms with Gasteiger partial charge in [0.15, 0.2) is 0 Å². The second-order valence-corrected chi connectivity index (χ2v) is 5.21. The third-order valence-corrected chi connectivity index (χ3v) is 3.50. The second-order valence-electron chi connectivity index (χ2n) is 4.77. The number of carbonyl (C=O) groups excluding carboxylic acids is 1. The minimum absolute atomic E-state index is 0.0620. The topological polar surface area (TPSA) is 92.3 Å². The van der Waals surface area contributed by atoms with Crippen molar-refractivity contribution in [3.63, 3.8) is 0 Å². The number of aliphatic hydroxyl groups is 1. The first-order valence-electron chi connectivity index (χ1n) is 6.62. The lowest BCUT2D eigenvalue weighted by Gasteiger charge is -2.14. The Morgan fingerprint density at radius 2 is 2.09 bits per heavy atom. The molecule has 2 aromatic rings. The second kappa shape index (κ2) is 7.09. The molecule has 1 heterocycles. The van der Waals surface area contributed by atoms with E-state index in [-0.39, 0.29) is 17.7 Å². The van der Waals surface area contributed by atoms with Gasteiger partial charge in [0.1, 0.15) is 11.6 Å². The number of esters is 1. The molecule has 0 aliphatic rings. The van der Waals surface area contributed by atoms with Crippen LogP contribution in [0.1, 0.15) is 27.6 Å². The summed E-state index contributed by atoms with van der Waals surface area (Å²) in [6.45, 7) is -0.111. The van der Waals surface area contributed by atoms with E-state index in [9.17, 15) is 14.7 Å². The molecule has 23 heavy (non-hydrogen) atoms. The third kappa shape index (κ3) is 3.77. The maximum Gasteiger partial charge on any atom is 0.339 e.